The molecular weight excluding hydrogens is 601 g/mol. The smallest absolute Gasteiger partial charge is 0.550 e. The van der Waals surface area contributed by atoms with Crippen molar-refractivity contribution >= 4 is 17.9 Å². The Balaban J connectivity index is -0.000000169. The quantitative estimate of drug-likeness (QED) is 0.0787. The molecule has 0 atom stereocenters. The average molecular weight is 670 g/mol. The number of aliphatic carboxylic acids is 3. The summed E-state index contributed by atoms with van der Waals surface area (Å²) in [6.45, 7) is 6.67. The Morgan fingerprint density at radius 2 is 0.455 bits per heavy atom. The molecule has 0 aromatic carbocycles. The van der Waals surface area contributed by atoms with E-state index in [9.17, 15) is 29.7 Å². The van der Waals surface area contributed by atoms with Crippen LogP contribution in [0.1, 0.15) is 213 Å². The van der Waals surface area contributed by atoms with Crippen molar-refractivity contribution in [3.05, 3.63) is 0 Å². The number of rotatable bonds is 30. The molecule has 0 heterocycles. The first-order valence-electron chi connectivity index (χ1n) is 17.9. The van der Waals surface area contributed by atoms with Crippen molar-refractivity contribution in [1.29, 1.82) is 0 Å². The van der Waals surface area contributed by atoms with Crippen molar-refractivity contribution in [3.8, 4) is 0 Å². The van der Waals surface area contributed by atoms with E-state index < -0.39 is 17.9 Å². The Bertz CT molecular complexity index is 487. The molecule has 0 aliphatic rings. The van der Waals surface area contributed by atoms with E-state index in [0.717, 1.165) is 38.5 Å². The molecule has 252 valence electrons. The maximum Gasteiger partial charge on any atom is 2.00 e. The van der Waals surface area contributed by atoms with Crippen LogP contribution in [-0.4, -0.2) is 17.9 Å². The minimum atomic E-state index is -0.909. The molecule has 0 amide bonds. The molecule has 0 saturated heterocycles. The molecule has 0 fully saturated rings. The van der Waals surface area contributed by atoms with Crippen molar-refractivity contribution in [2.24, 2.45) is 0 Å². The van der Waals surface area contributed by atoms with Gasteiger partial charge >= 0.3 is 38.3 Å². The van der Waals surface area contributed by atoms with Gasteiger partial charge in [-0.2, -0.15) is 0 Å². The van der Waals surface area contributed by atoms with Gasteiger partial charge in [0.15, 0.2) is 0 Å². The van der Waals surface area contributed by atoms with Gasteiger partial charge in [0.1, 0.15) is 0 Å². The number of hydrogen-bond acceptors (Lipinski definition) is 6. The molecule has 0 aliphatic heterocycles. The summed E-state index contributed by atoms with van der Waals surface area (Å²) in [6.07, 6.45) is 33.5. The number of carboxylic acid groups (broad SMARTS) is 3. The van der Waals surface area contributed by atoms with E-state index in [0.29, 0.717) is 0 Å². The summed E-state index contributed by atoms with van der Waals surface area (Å²) in [5, 5.41) is 30.3. The van der Waals surface area contributed by atoms with Gasteiger partial charge in [-0.05, 0) is 38.5 Å². The summed E-state index contributed by atoms with van der Waals surface area (Å²) in [4.78, 5) is 30.3. The molecule has 0 saturated carbocycles. The molecule has 8 heteroatoms. The van der Waals surface area contributed by atoms with E-state index in [1.54, 1.807) is 0 Å². The Hall–Kier alpha value is -0.369. The second kappa shape index (κ2) is 49.5. The maximum absolute atomic E-state index is 10.1. The molecule has 0 rings (SSSR count). The van der Waals surface area contributed by atoms with Crippen LogP contribution in [-0.2, 0) is 33.9 Å². The Kier molecular flexibility index (Phi) is 59.8. The molecular formula is C36H69LiO6Zn. The van der Waals surface area contributed by atoms with Crippen LogP contribution in [0, 0.1) is 0 Å². The third-order valence-corrected chi connectivity index (χ3v) is 7.45. The predicted octanol–water partition coefficient (Wildman–Crippen LogP) is 4.97. The number of hydrogen-bond donors (Lipinski definition) is 0. The zero-order valence-corrected chi connectivity index (χ0v) is 32.8. The van der Waals surface area contributed by atoms with Crippen molar-refractivity contribution in [2.45, 2.75) is 213 Å². The van der Waals surface area contributed by atoms with Gasteiger partial charge < -0.3 is 29.7 Å². The fourth-order valence-electron chi connectivity index (χ4n) is 4.74. The summed E-state index contributed by atoms with van der Waals surface area (Å²) in [7, 11) is 0. The topological polar surface area (TPSA) is 120 Å². The van der Waals surface area contributed by atoms with Gasteiger partial charge in [-0.25, -0.2) is 0 Å². The SMILES string of the molecule is CCCCCCCCCCCC(=O)[O-].CCCCCCCCCCCC(=O)[O-].CCCCCCCCCCCC(=O)[O-].[Li+].[Zn+2]. The van der Waals surface area contributed by atoms with Gasteiger partial charge in [-0.15, -0.1) is 0 Å². The molecule has 0 spiro atoms. The van der Waals surface area contributed by atoms with Gasteiger partial charge in [-0.3, -0.25) is 0 Å². The fourth-order valence-corrected chi connectivity index (χ4v) is 4.74. The van der Waals surface area contributed by atoms with Gasteiger partial charge in [-0.1, -0.05) is 175 Å². The maximum atomic E-state index is 10.1. The Morgan fingerprint density at radius 3 is 0.591 bits per heavy atom. The number of carboxylic acids is 3. The summed E-state index contributed by atoms with van der Waals surface area (Å²) in [5.41, 5.74) is 0. The van der Waals surface area contributed by atoms with Crippen LogP contribution in [0.15, 0.2) is 0 Å². The number of carbonyl (C=O) groups excluding carboxylic acids is 3. The molecule has 0 aromatic heterocycles. The molecule has 44 heavy (non-hydrogen) atoms. The van der Waals surface area contributed by atoms with Crippen LogP contribution < -0.4 is 34.2 Å². The van der Waals surface area contributed by atoms with Crippen molar-refractivity contribution in [3.63, 3.8) is 0 Å². The third kappa shape index (κ3) is 64.5. The largest absolute Gasteiger partial charge is 2.00 e. The zero-order chi connectivity index (χ0) is 31.9. The van der Waals surface area contributed by atoms with E-state index in [-0.39, 0.29) is 57.6 Å². The fraction of sp³-hybridized carbons (Fsp3) is 0.917. The van der Waals surface area contributed by atoms with Gasteiger partial charge in [0.05, 0.1) is 0 Å². The second-order valence-electron chi connectivity index (χ2n) is 11.9. The van der Waals surface area contributed by atoms with Crippen LogP contribution in [0.3, 0.4) is 0 Å². The molecule has 0 aliphatic carbocycles. The predicted molar refractivity (Wildman–Crippen MR) is 171 cm³/mol. The van der Waals surface area contributed by atoms with Crippen LogP contribution in [0.4, 0.5) is 0 Å². The summed E-state index contributed by atoms with van der Waals surface area (Å²) in [6, 6.07) is 0. The van der Waals surface area contributed by atoms with Crippen molar-refractivity contribution < 1.29 is 68.0 Å². The summed E-state index contributed by atoms with van der Waals surface area (Å²) in [5.74, 6) is -2.73. The minimum absolute atomic E-state index is 0. The van der Waals surface area contributed by atoms with Gasteiger partial charge in [0, 0.05) is 17.9 Å². The minimum Gasteiger partial charge on any atom is -0.550 e. The Labute approximate surface area is 298 Å². The van der Waals surface area contributed by atoms with E-state index in [1.807, 2.05) is 0 Å². The standard InChI is InChI=1S/3C12H24O2.Li.Zn/c3*1-2-3-4-5-6-7-8-9-10-11-12(13)14;;/h3*2-11H2,1H3,(H,13,14);;/q;;;+1;+2/p-3. The monoisotopic (exact) mass is 668 g/mol. The molecule has 6 nitrogen and oxygen atoms in total. The third-order valence-electron chi connectivity index (χ3n) is 7.45. The van der Waals surface area contributed by atoms with Crippen molar-refractivity contribution in [2.75, 3.05) is 0 Å². The number of unbranched alkanes of at least 4 members (excludes halogenated alkanes) is 24. The van der Waals surface area contributed by atoms with E-state index >= 15 is 0 Å². The molecule has 0 aromatic rings. The van der Waals surface area contributed by atoms with E-state index in [4.69, 9.17) is 0 Å². The molecule has 0 radical (unpaired) electrons. The second-order valence-corrected chi connectivity index (χ2v) is 11.9. The number of carbonyl (C=O) groups is 3. The molecule has 0 bridgehead atoms. The van der Waals surface area contributed by atoms with Crippen LogP contribution in [0.5, 0.6) is 0 Å². The van der Waals surface area contributed by atoms with E-state index in [1.165, 1.54) is 135 Å². The van der Waals surface area contributed by atoms with Crippen molar-refractivity contribution in [1.82, 2.24) is 0 Å². The van der Waals surface area contributed by atoms with Crippen LogP contribution >= 0.6 is 0 Å². The molecule has 0 N–H and O–H groups in total. The zero-order valence-electron chi connectivity index (χ0n) is 29.9. The van der Waals surface area contributed by atoms with Gasteiger partial charge in [0.2, 0.25) is 0 Å². The van der Waals surface area contributed by atoms with Crippen LogP contribution in [0.2, 0.25) is 0 Å². The van der Waals surface area contributed by atoms with Crippen LogP contribution in [0.25, 0.3) is 0 Å². The first-order chi connectivity index (χ1) is 20.3. The van der Waals surface area contributed by atoms with Gasteiger partial charge in [0.25, 0.3) is 0 Å². The normalized spacial score (nSPS) is 9.89. The molecule has 0 unspecified atom stereocenters. The summed E-state index contributed by atoms with van der Waals surface area (Å²) < 4.78 is 0. The van der Waals surface area contributed by atoms with E-state index in [2.05, 4.69) is 20.8 Å². The summed E-state index contributed by atoms with van der Waals surface area (Å²) >= 11 is 0. The first-order valence-corrected chi connectivity index (χ1v) is 17.9. The average Bonchev–Trinajstić information content (AvgIpc) is 2.95. The Morgan fingerprint density at radius 1 is 0.318 bits per heavy atom. The first kappa shape index (κ1) is 53.1.